The monoisotopic (exact) mass is 379 g/mol. The first-order valence-electron chi connectivity index (χ1n) is 9.17. The number of nitrogens with one attached hydrogen (secondary N) is 2. The van der Waals surface area contributed by atoms with Gasteiger partial charge in [-0.2, -0.15) is 0 Å². The summed E-state index contributed by atoms with van der Waals surface area (Å²) >= 11 is 0. The average Bonchev–Trinajstić information content (AvgIpc) is 2.65. The zero-order chi connectivity index (χ0) is 19.0. The minimum atomic E-state index is -3.63. The number of rotatable bonds is 9. The Morgan fingerprint density at radius 2 is 2.19 bits per heavy atom. The van der Waals surface area contributed by atoms with Crippen LogP contribution in [0.15, 0.2) is 41.8 Å². The van der Waals surface area contributed by atoms with E-state index in [-0.39, 0.29) is 17.3 Å². The highest BCUT2D eigenvalue weighted by Gasteiger charge is 2.18. The van der Waals surface area contributed by atoms with Crippen molar-refractivity contribution in [2.24, 2.45) is 0 Å². The maximum atomic E-state index is 12.3. The van der Waals surface area contributed by atoms with E-state index >= 15 is 0 Å². The summed E-state index contributed by atoms with van der Waals surface area (Å²) in [4.78, 5) is 14.8. The number of carbonyl (C=O) groups excluding carboxylic acids is 1. The Morgan fingerprint density at radius 1 is 1.38 bits per heavy atom. The number of likely N-dealkylation sites (tertiary alicyclic amines) is 1. The predicted octanol–water partition coefficient (Wildman–Crippen LogP) is 2.15. The lowest BCUT2D eigenvalue weighted by Crippen LogP contribution is -2.39. The van der Waals surface area contributed by atoms with E-state index < -0.39 is 10.0 Å². The van der Waals surface area contributed by atoms with E-state index in [4.69, 9.17) is 0 Å². The second-order valence-corrected chi connectivity index (χ2v) is 8.43. The van der Waals surface area contributed by atoms with Gasteiger partial charge in [0.05, 0.1) is 4.90 Å². The lowest BCUT2D eigenvalue weighted by Gasteiger charge is -2.33. The van der Waals surface area contributed by atoms with E-state index in [1.165, 1.54) is 37.5 Å². The third kappa shape index (κ3) is 5.93. The van der Waals surface area contributed by atoms with Gasteiger partial charge in [0.2, 0.25) is 10.0 Å². The average molecular weight is 380 g/mol. The van der Waals surface area contributed by atoms with Crippen LogP contribution in [-0.4, -0.2) is 51.4 Å². The molecule has 1 heterocycles. The van der Waals surface area contributed by atoms with Gasteiger partial charge in [-0.05, 0) is 50.9 Å². The largest absolute Gasteiger partial charge is 0.352 e. The van der Waals surface area contributed by atoms with Crippen molar-refractivity contribution in [1.29, 1.82) is 0 Å². The molecule has 1 saturated heterocycles. The standard InChI is InChI=1S/C19H29N3O3S/c1-3-11-21-26(24,25)18-10-6-9-17(15-18)19(23)20-12-7-14-22-13-5-4-8-16(22)2/h3,6,9-10,15-16,21H,1,4-5,7-8,11-14H2,2H3,(H,20,23). The van der Waals surface area contributed by atoms with Crippen molar-refractivity contribution in [1.82, 2.24) is 14.9 Å². The molecule has 1 aliphatic rings. The fourth-order valence-electron chi connectivity index (χ4n) is 3.13. The molecule has 0 bridgehead atoms. The van der Waals surface area contributed by atoms with Crippen LogP contribution in [0, 0.1) is 0 Å². The number of piperidine rings is 1. The van der Waals surface area contributed by atoms with Crippen molar-refractivity contribution in [3.8, 4) is 0 Å². The normalized spacial score (nSPS) is 18.4. The van der Waals surface area contributed by atoms with E-state index in [9.17, 15) is 13.2 Å². The Labute approximate surface area is 156 Å². The molecule has 0 saturated carbocycles. The first-order chi connectivity index (χ1) is 12.4. The zero-order valence-electron chi connectivity index (χ0n) is 15.4. The molecule has 6 nitrogen and oxygen atoms in total. The maximum Gasteiger partial charge on any atom is 0.251 e. The molecular weight excluding hydrogens is 350 g/mol. The number of benzene rings is 1. The summed E-state index contributed by atoms with van der Waals surface area (Å²) in [6.07, 6.45) is 6.15. The third-order valence-corrected chi connectivity index (χ3v) is 6.09. The van der Waals surface area contributed by atoms with Crippen molar-refractivity contribution < 1.29 is 13.2 Å². The van der Waals surface area contributed by atoms with Crippen LogP contribution in [0.1, 0.15) is 43.0 Å². The highest BCUT2D eigenvalue weighted by molar-refractivity contribution is 7.89. The van der Waals surface area contributed by atoms with Crippen molar-refractivity contribution in [2.75, 3.05) is 26.2 Å². The van der Waals surface area contributed by atoms with Crippen LogP contribution < -0.4 is 10.0 Å². The van der Waals surface area contributed by atoms with Gasteiger partial charge in [-0.3, -0.25) is 4.79 Å². The smallest absolute Gasteiger partial charge is 0.251 e. The van der Waals surface area contributed by atoms with Crippen LogP contribution in [0.4, 0.5) is 0 Å². The molecule has 26 heavy (non-hydrogen) atoms. The first-order valence-corrected chi connectivity index (χ1v) is 10.7. The maximum absolute atomic E-state index is 12.3. The van der Waals surface area contributed by atoms with Gasteiger partial charge in [0, 0.05) is 31.2 Å². The molecule has 0 aliphatic carbocycles. The molecule has 1 aromatic carbocycles. The highest BCUT2D eigenvalue weighted by Crippen LogP contribution is 2.16. The van der Waals surface area contributed by atoms with Crippen LogP contribution in [-0.2, 0) is 10.0 Å². The summed E-state index contributed by atoms with van der Waals surface area (Å²) in [5.74, 6) is -0.252. The van der Waals surface area contributed by atoms with Crippen LogP contribution in [0.2, 0.25) is 0 Å². The summed E-state index contributed by atoms with van der Waals surface area (Å²) in [5, 5.41) is 2.88. The Hall–Kier alpha value is -1.70. The Kier molecular flexibility index (Phi) is 7.81. The fourth-order valence-corrected chi connectivity index (χ4v) is 4.18. The number of sulfonamides is 1. The van der Waals surface area contributed by atoms with Gasteiger partial charge in [0.25, 0.3) is 5.91 Å². The summed E-state index contributed by atoms with van der Waals surface area (Å²) in [5.41, 5.74) is 0.345. The molecule has 1 aliphatic heterocycles. The van der Waals surface area contributed by atoms with Crippen molar-refractivity contribution in [3.63, 3.8) is 0 Å². The summed E-state index contributed by atoms with van der Waals surface area (Å²) < 4.78 is 26.7. The SMILES string of the molecule is C=CCNS(=O)(=O)c1cccc(C(=O)NCCCN2CCCCC2C)c1. The molecule has 2 N–H and O–H groups in total. The number of carbonyl (C=O) groups is 1. The molecule has 1 aromatic rings. The Morgan fingerprint density at radius 3 is 2.92 bits per heavy atom. The lowest BCUT2D eigenvalue weighted by molar-refractivity contribution is 0.0948. The Balaban J connectivity index is 1.85. The second-order valence-electron chi connectivity index (χ2n) is 6.66. The summed E-state index contributed by atoms with van der Waals surface area (Å²) in [7, 11) is -3.63. The first kappa shape index (κ1) is 20.6. The van der Waals surface area contributed by atoms with Gasteiger partial charge in [-0.1, -0.05) is 18.6 Å². The van der Waals surface area contributed by atoms with Crippen LogP contribution >= 0.6 is 0 Å². The van der Waals surface area contributed by atoms with E-state index in [2.05, 4.69) is 28.4 Å². The van der Waals surface area contributed by atoms with Crippen LogP contribution in [0.25, 0.3) is 0 Å². The van der Waals surface area contributed by atoms with Gasteiger partial charge >= 0.3 is 0 Å². The summed E-state index contributed by atoms with van der Waals surface area (Å²) in [6.45, 7) is 8.57. The molecule has 1 fully saturated rings. The molecule has 7 heteroatoms. The molecule has 144 valence electrons. The fraction of sp³-hybridized carbons (Fsp3) is 0.526. The molecule has 1 atom stereocenters. The number of nitrogens with zero attached hydrogens (tertiary/aromatic N) is 1. The van der Waals surface area contributed by atoms with E-state index in [0.29, 0.717) is 18.2 Å². The molecule has 1 amide bonds. The van der Waals surface area contributed by atoms with Crippen LogP contribution in [0.3, 0.4) is 0 Å². The van der Waals surface area contributed by atoms with E-state index in [1.54, 1.807) is 12.1 Å². The molecule has 1 unspecified atom stereocenters. The van der Waals surface area contributed by atoms with Crippen molar-refractivity contribution in [2.45, 2.75) is 43.5 Å². The number of amides is 1. The van der Waals surface area contributed by atoms with Gasteiger partial charge < -0.3 is 10.2 Å². The third-order valence-electron chi connectivity index (χ3n) is 4.67. The predicted molar refractivity (Wildman–Crippen MR) is 104 cm³/mol. The van der Waals surface area contributed by atoms with Crippen LogP contribution in [0.5, 0.6) is 0 Å². The number of hydrogen-bond acceptors (Lipinski definition) is 4. The second kappa shape index (κ2) is 9.85. The van der Waals surface area contributed by atoms with Gasteiger partial charge in [0.15, 0.2) is 0 Å². The molecule has 0 aromatic heterocycles. The lowest BCUT2D eigenvalue weighted by atomic mass is 10.0. The van der Waals surface area contributed by atoms with Gasteiger partial charge in [0.1, 0.15) is 0 Å². The topological polar surface area (TPSA) is 78.5 Å². The minimum Gasteiger partial charge on any atom is -0.352 e. The van der Waals surface area contributed by atoms with Crippen molar-refractivity contribution in [3.05, 3.63) is 42.5 Å². The van der Waals surface area contributed by atoms with Gasteiger partial charge in [-0.25, -0.2) is 13.1 Å². The summed E-state index contributed by atoms with van der Waals surface area (Å²) in [6, 6.07) is 6.68. The molecule has 2 rings (SSSR count). The van der Waals surface area contributed by atoms with Gasteiger partial charge in [-0.15, -0.1) is 6.58 Å². The van der Waals surface area contributed by atoms with E-state index in [1.807, 2.05) is 0 Å². The Bertz CT molecular complexity index is 718. The van der Waals surface area contributed by atoms with Crippen molar-refractivity contribution >= 4 is 15.9 Å². The molecular formula is C19H29N3O3S. The highest BCUT2D eigenvalue weighted by atomic mass is 32.2. The molecule has 0 radical (unpaired) electrons. The quantitative estimate of drug-likeness (QED) is 0.509. The molecule has 0 spiro atoms. The minimum absolute atomic E-state index is 0.0779. The zero-order valence-corrected chi connectivity index (χ0v) is 16.2. The number of hydrogen-bond donors (Lipinski definition) is 2. The van der Waals surface area contributed by atoms with E-state index in [0.717, 1.165) is 19.5 Å².